The third kappa shape index (κ3) is 4.18. The van der Waals surface area contributed by atoms with Crippen molar-refractivity contribution >= 4 is 5.97 Å². The molecule has 4 rings (SSSR count). The van der Waals surface area contributed by atoms with Crippen LogP contribution in [-0.2, 0) is 13.1 Å². The Morgan fingerprint density at radius 2 is 1.50 bits per heavy atom. The molecule has 2 atom stereocenters. The van der Waals surface area contributed by atoms with Crippen LogP contribution in [0.15, 0.2) is 48.5 Å². The Labute approximate surface area is 164 Å². The molecule has 0 aromatic heterocycles. The maximum absolute atomic E-state index is 12.2. The summed E-state index contributed by atoms with van der Waals surface area (Å²) in [5.41, 5.74) is 2.74. The van der Waals surface area contributed by atoms with Gasteiger partial charge in [-0.25, -0.2) is 9.18 Å². The number of carboxylic acid groups (broad SMARTS) is 1. The predicted molar refractivity (Wildman–Crippen MR) is 104 cm³/mol. The molecule has 2 bridgehead atoms. The van der Waals surface area contributed by atoms with Crippen LogP contribution in [0, 0.1) is 0 Å². The van der Waals surface area contributed by atoms with Gasteiger partial charge in [0.25, 0.3) is 0 Å². The number of rotatable bonds is 8. The van der Waals surface area contributed by atoms with Gasteiger partial charge >= 0.3 is 5.97 Å². The minimum absolute atomic E-state index is 0.101. The fourth-order valence-corrected chi connectivity index (χ4v) is 4.29. The van der Waals surface area contributed by atoms with Crippen LogP contribution in [0.4, 0.5) is 4.39 Å². The third-order valence-corrected chi connectivity index (χ3v) is 5.71. The number of hydrogen-bond donors (Lipinski definition) is 1. The molecule has 2 aliphatic heterocycles. The smallest absolute Gasteiger partial charge is 0.335 e. The molecule has 2 aliphatic rings. The summed E-state index contributed by atoms with van der Waals surface area (Å²) in [6.07, 6.45) is 1.19. The van der Waals surface area contributed by atoms with Crippen molar-refractivity contribution < 1.29 is 19.0 Å². The summed E-state index contributed by atoms with van der Waals surface area (Å²) in [5.74, 6) is -0.172. The molecule has 2 aromatic rings. The van der Waals surface area contributed by atoms with Crippen LogP contribution >= 0.6 is 0 Å². The zero-order valence-corrected chi connectivity index (χ0v) is 15.8. The zero-order valence-electron chi connectivity index (χ0n) is 15.8. The summed E-state index contributed by atoms with van der Waals surface area (Å²) in [6.45, 7) is 3.52. The highest BCUT2D eigenvalue weighted by Gasteiger charge is 2.42. The Hall–Kier alpha value is -2.44. The first-order chi connectivity index (χ1) is 13.6. The van der Waals surface area contributed by atoms with Gasteiger partial charge in [0, 0.05) is 38.3 Å². The molecule has 0 amide bonds. The van der Waals surface area contributed by atoms with Crippen molar-refractivity contribution in [2.24, 2.45) is 0 Å². The molecule has 2 heterocycles. The monoisotopic (exact) mass is 384 g/mol. The molecule has 0 saturated carbocycles. The first-order valence-corrected chi connectivity index (χ1v) is 9.70. The molecule has 6 heteroatoms. The number of ether oxygens (including phenoxy) is 1. The van der Waals surface area contributed by atoms with Crippen LogP contribution in [0.25, 0.3) is 0 Å². The second-order valence-electron chi connectivity index (χ2n) is 7.59. The highest BCUT2D eigenvalue weighted by Crippen LogP contribution is 2.33. The van der Waals surface area contributed by atoms with Crippen LogP contribution < -0.4 is 4.74 Å². The first-order valence-electron chi connectivity index (χ1n) is 9.70. The number of hydrogen-bond acceptors (Lipinski definition) is 4. The van der Waals surface area contributed by atoms with Crippen LogP contribution in [0.5, 0.6) is 5.75 Å². The number of carboxylic acids is 1. The molecule has 0 spiro atoms. The van der Waals surface area contributed by atoms with Crippen molar-refractivity contribution in [2.45, 2.75) is 31.6 Å². The van der Waals surface area contributed by atoms with Crippen molar-refractivity contribution in [3.63, 3.8) is 0 Å². The standard InChI is InChI=1S/C22H25FN2O3/c23-9-10-28-21-7-3-17(4-8-21)13-25-15-19-11-20(25)14-24(19)12-16-1-5-18(6-2-16)22(26)27/h1-8,19-20H,9-15H2,(H,26,27)/t19-,20-/m0/s1. The number of piperazine rings is 1. The van der Waals surface area contributed by atoms with Crippen molar-refractivity contribution in [3.05, 3.63) is 65.2 Å². The summed E-state index contributed by atoms with van der Waals surface area (Å²) < 4.78 is 17.5. The van der Waals surface area contributed by atoms with Crippen molar-refractivity contribution in [1.29, 1.82) is 0 Å². The van der Waals surface area contributed by atoms with Gasteiger partial charge in [-0.15, -0.1) is 0 Å². The quantitative estimate of drug-likeness (QED) is 0.758. The highest BCUT2D eigenvalue weighted by atomic mass is 19.1. The summed E-state index contributed by atoms with van der Waals surface area (Å²) in [5, 5.41) is 9.01. The fourth-order valence-electron chi connectivity index (χ4n) is 4.29. The molecule has 5 nitrogen and oxygen atoms in total. The molecular formula is C22H25FN2O3. The lowest BCUT2D eigenvalue weighted by molar-refractivity contribution is 0.0697. The Morgan fingerprint density at radius 3 is 1.96 bits per heavy atom. The third-order valence-electron chi connectivity index (χ3n) is 5.71. The minimum atomic E-state index is -0.885. The van der Waals surface area contributed by atoms with Gasteiger partial charge in [0.2, 0.25) is 0 Å². The molecule has 0 unspecified atom stereocenters. The largest absolute Gasteiger partial charge is 0.491 e. The normalized spacial score (nSPS) is 21.9. The van der Waals surface area contributed by atoms with E-state index in [2.05, 4.69) is 21.9 Å². The van der Waals surface area contributed by atoms with E-state index in [4.69, 9.17) is 9.84 Å². The number of likely N-dealkylation sites (tertiary alicyclic amines) is 2. The van der Waals surface area contributed by atoms with Gasteiger partial charge in [-0.3, -0.25) is 9.80 Å². The van der Waals surface area contributed by atoms with Gasteiger partial charge < -0.3 is 9.84 Å². The van der Waals surface area contributed by atoms with Gasteiger partial charge in [0.15, 0.2) is 0 Å². The molecule has 0 radical (unpaired) electrons. The van der Waals surface area contributed by atoms with E-state index in [0.717, 1.165) is 31.7 Å². The maximum Gasteiger partial charge on any atom is 0.335 e. The summed E-state index contributed by atoms with van der Waals surface area (Å²) in [4.78, 5) is 16.0. The molecule has 148 valence electrons. The zero-order chi connectivity index (χ0) is 19.5. The topological polar surface area (TPSA) is 53.0 Å². The van der Waals surface area contributed by atoms with Crippen molar-refractivity contribution in [3.8, 4) is 5.75 Å². The van der Waals surface area contributed by atoms with Gasteiger partial charge in [-0.1, -0.05) is 24.3 Å². The van der Waals surface area contributed by atoms with Gasteiger partial charge in [-0.05, 0) is 41.8 Å². The summed E-state index contributed by atoms with van der Waals surface area (Å²) in [6, 6.07) is 16.2. The van der Waals surface area contributed by atoms with E-state index >= 15 is 0 Å². The Bertz CT molecular complexity index is 810. The Kier molecular flexibility index (Phi) is 5.59. The van der Waals surface area contributed by atoms with E-state index in [9.17, 15) is 9.18 Å². The lowest BCUT2D eigenvalue weighted by Gasteiger charge is -2.34. The van der Waals surface area contributed by atoms with Gasteiger partial charge in [0.05, 0.1) is 5.56 Å². The van der Waals surface area contributed by atoms with Crippen molar-refractivity contribution in [1.82, 2.24) is 9.80 Å². The molecule has 28 heavy (non-hydrogen) atoms. The number of alkyl halides is 1. The Morgan fingerprint density at radius 1 is 0.964 bits per heavy atom. The SMILES string of the molecule is O=C(O)c1ccc(CN2C[C@@H]3C[C@H]2CN3Cc2ccc(OCCF)cc2)cc1. The predicted octanol–water partition coefficient (Wildman–Crippen LogP) is 3.19. The van der Waals surface area contributed by atoms with Crippen LogP contribution in [0.3, 0.4) is 0 Å². The van der Waals surface area contributed by atoms with E-state index in [0.29, 0.717) is 23.4 Å². The van der Waals surface area contributed by atoms with Crippen LogP contribution in [0.1, 0.15) is 27.9 Å². The van der Waals surface area contributed by atoms with E-state index in [1.165, 1.54) is 12.0 Å². The number of benzene rings is 2. The average Bonchev–Trinajstić information content (AvgIpc) is 3.28. The second kappa shape index (κ2) is 8.29. The lowest BCUT2D eigenvalue weighted by atomic mass is 10.1. The van der Waals surface area contributed by atoms with Gasteiger partial charge in [0.1, 0.15) is 19.0 Å². The summed E-state index contributed by atoms with van der Waals surface area (Å²) >= 11 is 0. The first kappa shape index (κ1) is 18.9. The lowest BCUT2D eigenvalue weighted by Crippen LogP contribution is -2.45. The maximum atomic E-state index is 12.2. The molecule has 2 saturated heterocycles. The Balaban J connectivity index is 1.29. The van der Waals surface area contributed by atoms with Crippen molar-refractivity contribution in [2.75, 3.05) is 26.4 Å². The molecule has 2 fully saturated rings. The van der Waals surface area contributed by atoms with E-state index in [-0.39, 0.29) is 6.61 Å². The van der Waals surface area contributed by atoms with E-state index in [1.807, 2.05) is 24.3 Å². The highest BCUT2D eigenvalue weighted by molar-refractivity contribution is 5.87. The van der Waals surface area contributed by atoms with Crippen LogP contribution in [-0.4, -0.2) is 59.3 Å². The number of fused-ring (bicyclic) bond motifs is 2. The number of aromatic carboxylic acids is 1. The van der Waals surface area contributed by atoms with E-state index < -0.39 is 12.6 Å². The fraction of sp³-hybridized carbons (Fsp3) is 0.409. The second-order valence-corrected chi connectivity index (χ2v) is 7.59. The molecule has 0 aliphatic carbocycles. The van der Waals surface area contributed by atoms with E-state index in [1.54, 1.807) is 12.1 Å². The number of nitrogens with zero attached hydrogens (tertiary/aromatic N) is 2. The molecule has 2 aromatic carbocycles. The average molecular weight is 384 g/mol. The number of carbonyl (C=O) groups is 1. The van der Waals surface area contributed by atoms with Crippen LogP contribution in [0.2, 0.25) is 0 Å². The minimum Gasteiger partial charge on any atom is -0.491 e. The summed E-state index contributed by atoms with van der Waals surface area (Å²) in [7, 11) is 0. The number of halogens is 1. The van der Waals surface area contributed by atoms with Gasteiger partial charge in [-0.2, -0.15) is 0 Å². The molecular weight excluding hydrogens is 359 g/mol. The molecule has 1 N–H and O–H groups in total.